The van der Waals surface area contributed by atoms with Crippen molar-refractivity contribution in [2.45, 2.75) is 78.7 Å². The number of esters is 1. The van der Waals surface area contributed by atoms with Crippen LogP contribution in [0.15, 0.2) is 30.3 Å². The zero-order valence-electron chi connectivity index (χ0n) is 20.0. The Morgan fingerprint density at radius 3 is 2.39 bits per heavy atom. The molecule has 1 saturated carbocycles. The molecule has 3 rings (SSSR count). The van der Waals surface area contributed by atoms with E-state index in [1.807, 2.05) is 6.92 Å². The van der Waals surface area contributed by atoms with E-state index in [2.05, 4.69) is 56.0 Å². The summed E-state index contributed by atoms with van der Waals surface area (Å²) in [6.07, 6.45) is 10.0. The van der Waals surface area contributed by atoms with Gasteiger partial charge in [0.2, 0.25) is 0 Å². The van der Waals surface area contributed by atoms with Crippen molar-refractivity contribution in [3.8, 4) is 5.75 Å². The van der Waals surface area contributed by atoms with Crippen molar-refractivity contribution in [3.63, 3.8) is 0 Å². The van der Waals surface area contributed by atoms with Crippen molar-refractivity contribution >= 4 is 11.5 Å². The van der Waals surface area contributed by atoms with Gasteiger partial charge in [0.25, 0.3) is 0 Å². The lowest BCUT2D eigenvalue weighted by molar-refractivity contribution is -0.143. The quantitative estimate of drug-likeness (QED) is 0.470. The first-order valence-corrected chi connectivity index (χ1v) is 12.2. The first-order valence-electron chi connectivity index (χ1n) is 12.2. The van der Waals surface area contributed by atoms with Crippen LogP contribution in [0.25, 0.3) is 5.57 Å². The van der Waals surface area contributed by atoms with Crippen molar-refractivity contribution in [2.24, 2.45) is 11.3 Å². The fourth-order valence-corrected chi connectivity index (χ4v) is 4.84. The van der Waals surface area contributed by atoms with Crippen molar-refractivity contribution in [2.75, 3.05) is 26.2 Å². The normalized spacial score (nSPS) is 22.6. The van der Waals surface area contributed by atoms with Crippen LogP contribution in [-0.2, 0) is 9.53 Å². The molecule has 0 bridgehead atoms. The molecule has 1 aromatic carbocycles. The second kappa shape index (κ2) is 11.2. The zero-order valence-corrected chi connectivity index (χ0v) is 20.0. The van der Waals surface area contributed by atoms with Gasteiger partial charge in [-0.25, -0.2) is 0 Å². The minimum atomic E-state index is -0.0831. The largest absolute Gasteiger partial charge is 0.490 e. The van der Waals surface area contributed by atoms with E-state index in [0.29, 0.717) is 24.5 Å². The maximum atomic E-state index is 11.5. The molecule has 0 spiro atoms. The standard InChI is InChI=1S/C27H41NO3/c1-5-30-26(29)7-6-18-28-19-16-22(17-20-28)21-8-12-24(13-9-21)31-25-14-10-23(11-15-25)27(2,3)4/h8-9,12-13,16,23,25H,5-7,10-11,14-15,17-20H2,1-4H3. The van der Waals surface area contributed by atoms with Gasteiger partial charge >= 0.3 is 5.97 Å². The van der Waals surface area contributed by atoms with E-state index < -0.39 is 0 Å². The third-order valence-corrected chi connectivity index (χ3v) is 6.88. The van der Waals surface area contributed by atoms with E-state index in [4.69, 9.17) is 9.47 Å². The molecule has 0 aromatic heterocycles. The predicted octanol–water partition coefficient (Wildman–Crippen LogP) is 6.10. The minimum absolute atomic E-state index is 0.0831. The van der Waals surface area contributed by atoms with Gasteiger partial charge in [-0.1, -0.05) is 39.0 Å². The molecule has 0 unspecified atom stereocenters. The average Bonchev–Trinajstić information content (AvgIpc) is 2.75. The van der Waals surface area contributed by atoms with Crippen LogP contribution < -0.4 is 4.74 Å². The molecule has 172 valence electrons. The third-order valence-electron chi connectivity index (χ3n) is 6.88. The zero-order chi connectivity index (χ0) is 22.3. The van der Waals surface area contributed by atoms with Gasteiger partial charge in [0.15, 0.2) is 0 Å². The Hall–Kier alpha value is -1.81. The van der Waals surface area contributed by atoms with Crippen LogP contribution in [-0.4, -0.2) is 43.2 Å². The summed E-state index contributed by atoms with van der Waals surface area (Å²) >= 11 is 0. The Labute approximate surface area is 189 Å². The fourth-order valence-electron chi connectivity index (χ4n) is 4.84. The molecule has 31 heavy (non-hydrogen) atoms. The molecule has 0 radical (unpaired) electrons. The van der Waals surface area contributed by atoms with E-state index in [-0.39, 0.29) is 5.97 Å². The van der Waals surface area contributed by atoms with E-state index >= 15 is 0 Å². The van der Waals surface area contributed by atoms with Gasteiger partial charge in [-0.2, -0.15) is 0 Å². The molecule has 0 N–H and O–H groups in total. The average molecular weight is 428 g/mol. The highest BCUT2D eigenvalue weighted by Crippen LogP contribution is 2.38. The molecule has 0 saturated heterocycles. The SMILES string of the molecule is CCOC(=O)CCCN1CC=C(c2ccc(OC3CCC(C(C)(C)C)CC3)cc2)CC1. The molecule has 2 aliphatic rings. The molecule has 4 nitrogen and oxygen atoms in total. The summed E-state index contributed by atoms with van der Waals surface area (Å²) in [7, 11) is 0. The fraction of sp³-hybridized carbons (Fsp3) is 0.667. The minimum Gasteiger partial charge on any atom is -0.490 e. The van der Waals surface area contributed by atoms with Crippen LogP contribution in [0.5, 0.6) is 5.75 Å². The number of hydrogen-bond acceptors (Lipinski definition) is 4. The number of ether oxygens (including phenoxy) is 2. The molecule has 0 amide bonds. The summed E-state index contributed by atoms with van der Waals surface area (Å²) in [5.74, 6) is 1.73. The third kappa shape index (κ3) is 7.38. The number of benzene rings is 1. The summed E-state index contributed by atoms with van der Waals surface area (Å²) in [5, 5.41) is 0. The van der Waals surface area contributed by atoms with Gasteiger partial charge in [-0.15, -0.1) is 0 Å². The highest BCUT2D eigenvalue weighted by Gasteiger charge is 2.30. The second-order valence-corrected chi connectivity index (χ2v) is 10.2. The number of carbonyl (C=O) groups excluding carboxylic acids is 1. The molecule has 1 heterocycles. The Bertz CT molecular complexity index is 724. The predicted molar refractivity (Wildman–Crippen MR) is 127 cm³/mol. The number of hydrogen-bond donors (Lipinski definition) is 0. The van der Waals surface area contributed by atoms with Crippen LogP contribution in [0.3, 0.4) is 0 Å². The van der Waals surface area contributed by atoms with Crippen LogP contribution in [0.1, 0.15) is 78.2 Å². The number of rotatable bonds is 8. The molecule has 4 heteroatoms. The Morgan fingerprint density at radius 2 is 1.81 bits per heavy atom. The maximum Gasteiger partial charge on any atom is 0.305 e. The van der Waals surface area contributed by atoms with E-state index in [0.717, 1.165) is 44.1 Å². The number of carbonyl (C=O) groups is 1. The van der Waals surface area contributed by atoms with Gasteiger partial charge in [-0.3, -0.25) is 9.69 Å². The molecule has 1 fully saturated rings. The Kier molecular flexibility index (Phi) is 8.59. The molecule has 1 aromatic rings. The summed E-state index contributed by atoms with van der Waals surface area (Å²) in [4.78, 5) is 13.9. The van der Waals surface area contributed by atoms with Gasteiger partial charge in [0.1, 0.15) is 5.75 Å². The second-order valence-electron chi connectivity index (χ2n) is 10.2. The lowest BCUT2D eigenvalue weighted by Crippen LogP contribution is -2.30. The Morgan fingerprint density at radius 1 is 1.10 bits per heavy atom. The van der Waals surface area contributed by atoms with Crippen molar-refractivity contribution in [1.29, 1.82) is 0 Å². The Balaban J connectivity index is 1.42. The van der Waals surface area contributed by atoms with Crippen molar-refractivity contribution < 1.29 is 14.3 Å². The number of nitrogens with zero attached hydrogens (tertiary/aromatic N) is 1. The molecular formula is C27H41NO3. The highest BCUT2D eigenvalue weighted by atomic mass is 16.5. The monoisotopic (exact) mass is 427 g/mol. The van der Waals surface area contributed by atoms with E-state index in [1.54, 1.807) is 0 Å². The van der Waals surface area contributed by atoms with Crippen molar-refractivity contribution in [3.05, 3.63) is 35.9 Å². The summed E-state index contributed by atoms with van der Waals surface area (Å²) < 4.78 is 11.3. The van der Waals surface area contributed by atoms with Gasteiger partial charge in [0.05, 0.1) is 12.7 Å². The molecule has 1 aliphatic carbocycles. The van der Waals surface area contributed by atoms with Crippen molar-refractivity contribution in [1.82, 2.24) is 4.90 Å². The molecule has 1 aliphatic heterocycles. The topological polar surface area (TPSA) is 38.8 Å². The lowest BCUT2D eigenvalue weighted by atomic mass is 9.72. The van der Waals surface area contributed by atoms with E-state index in [1.165, 1.54) is 36.8 Å². The maximum absolute atomic E-state index is 11.5. The summed E-state index contributed by atoms with van der Waals surface area (Å²) in [6.45, 7) is 12.4. The smallest absolute Gasteiger partial charge is 0.305 e. The first-order chi connectivity index (χ1) is 14.8. The van der Waals surface area contributed by atoms with Gasteiger partial charge in [0, 0.05) is 19.5 Å². The van der Waals surface area contributed by atoms with Gasteiger partial charge in [-0.05, 0) is 86.6 Å². The van der Waals surface area contributed by atoms with Crippen LogP contribution >= 0.6 is 0 Å². The van der Waals surface area contributed by atoms with Crippen LogP contribution in [0, 0.1) is 11.3 Å². The highest BCUT2D eigenvalue weighted by molar-refractivity contribution is 5.69. The van der Waals surface area contributed by atoms with Gasteiger partial charge < -0.3 is 9.47 Å². The van der Waals surface area contributed by atoms with Crippen LogP contribution in [0.2, 0.25) is 0 Å². The molecular weight excluding hydrogens is 386 g/mol. The van der Waals surface area contributed by atoms with Crippen LogP contribution in [0.4, 0.5) is 0 Å². The lowest BCUT2D eigenvalue weighted by Gasteiger charge is -2.37. The summed E-state index contributed by atoms with van der Waals surface area (Å²) in [5.41, 5.74) is 3.13. The summed E-state index contributed by atoms with van der Waals surface area (Å²) in [6, 6.07) is 8.69. The molecule has 0 atom stereocenters. The van der Waals surface area contributed by atoms with E-state index in [9.17, 15) is 4.79 Å². The first kappa shape index (κ1) is 23.8.